The molecule has 0 bridgehead atoms. The molecule has 1 aromatic rings. The van der Waals surface area contributed by atoms with Crippen molar-refractivity contribution in [1.29, 1.82) is 0 Å². The van der Waals surface area contributed by atoms with Crippen LogP contribution in [0.2, 0.25) is 0 Å². The van der Waals surface area contributed by atoms with Crippen LogP contribution in [0.3, 0.4) is 0 Å². The van der Waals surface area contributed by atoms with E-state index in [-0.39, 0.29) is 0 Å². The van der Waals surface area contributed by atoms with Crippen LogP contribution >= 0.6 is 0 Å². The number of pyridine rings is 1. The van der Waals surface area contributed by atoms with Crippen LogP contribution in [-0.4, -0.2) is 4.98 Å². The molecule has 2 rings (SSSR count). The van der Waals surface area contributed by atoms with E-state index in [1.165, 1.54) is 16.7 Å². The van der Waals surface area contributed by atoms with Crippen LogP contribution < -0.4 is 0 Å². The fourth-order valence-corrected chi connectivity index (χ4v) is 1.83. The molecular formula is C12H15N. The van der Waals surface area contributed by atoms with E-state index in [9.17, 15) is 0 Å². The van der Waals surface area contributed by atoms with Crippen molar-refractivity contribution in [3.63, 3.8) is 0 Å². The predicted molar refractivity (Wildman–Crippen MR) is 55.7 cm³/mol. The number of aromatic nitrogens is 1. The molecule has 0 radical (unpaired) electrons. The van der Waals surface area contributed by atoms with Crippen LogP contribution in [0, 0.1) is 0 Å². The van der Waals surface area contributed by atoms with Gasteiger partial charge in [0, 0.05) is 12.4 Å². The second kappa shape index (κ2) is 3.33. The average molecular weight is 173 g/mol. The third-order valence-corrected chi connectivity index (χ3v) is 2.59. The van der Waals surface area contributed by atoms with Crippen LogP contribution in [0.4, 0.5) is 0 Å². The summed E-state index contributed by atoms with van der Waals surface area (Å²) < 4.78 is 0. The van der Waals surface area contributed by atoms with Gasteiger partial charge in [0.25, 0.3) is 0 Å². The summed E-state index contributed by atoms with van der Waals surface area (Å²) in [5.74, 6) is 0.574. The van der Waals surface area contributed by atoms with Gasteiger partial charge in [0.05, 0.1) is 0 Å². The largest absolute Gasteiger partial charge is 0.264 e. The summed E-state index contributed by atoms with van der Waals surface area (Å²) in [4.78, 5) is 4.29. The van der Waals surface area contributed by atoms with Crippen LogP contribution in [0.15, 0.2) is 18.5 Å². The first-order valence-electron chi connectivity index (χ1n) is 4.92. The molecule has 0 aromatic carbocycles. The number of hydrogen-bond acceptors (Lipinski definition) is 1. The van der Waals surface area contributed by atoms with Crippen LogP contribution in [-0.2, 0) is 6.42 Å². The van der Waals surface area contributed by atoms with Gasteiger partial charge in [0.15, 0.2) is 0 Å². The Morgan fingerprint density at radius 3 is 2.92 bits per heavy atom. The monoisotopic (exact) mass is 173 g/mol. The number of aryl methyl sites for hydroxylation is 1. The van der Waals surface area contributed by atoms with Gasteiger partial charge in [-0.1, -0.05) is 26.0 Å². The molecular weight excluding hydrogens is 158 g/mol. The lowest BCUT2D eigenvalue weighted by molar-refractivity contribution is 0.840. The molecule has 0 amide bonds. The zero-order valence-corrected chi connectivity index (χ0v) is 8.25. The summed E-state index contributed by atoms with van der Waals surface area (Å²) in [5.41, 5.74) is 4.21. The molecule has 0 unspecified atom stereocenters. The smallest absolute Gasteiger partial charge is 0.0308 e. The Kier molecular flexibility index (Phi) is 2.17. The van der Waals surface area contributed by atoms with Gasteiger partial charge in [0.1, 0.15) is 0 Å². The molecule has 0 saturated carbocycles. The minimum atomic E-state index is 0.574. The Morgan fingerprint density at radius 2 is 2.15 bits per heavy atom. The lowest BCUT2D eigenvalue weighted by atomic mass is 9.91. The molecule has 1 heterocycles. The minimum absolute atomic E-state index is 0.574. The van der Waals surface area contributed by atoms with Gasteiger partial charge >= 0.3 is 0 Å². The van der Waals surface area contributed by atoms with E-state index >= 15 is 0 Å². The maximum atomic E-state index is 4.29. The zero-order chi connectivity index (χ0) is 9.26. The summed E-state index contributed by atoms with van der Waals surface area (Å²) in [6, 6.07) is 0. The highest BCUT2D eigenvalue weighted by molar-refractivity contribution is 5.59. The van der Waals surface area contributed by atoms with Gasteiger partial charge in [0.2, 0.25) is 0 Å². The summed E-state index contributed by atoms with van der Waals surface area (Å²) in [6.45, 7) is 4.44. The molecule has 1 heteroatoms. The standard InChI is InChI=1S/C12H15N/c1-9(2)12-8-13-7-10-5-3-4-6-11(10)12/h4,6-9H,3,5H2,1-2H3. The van der Waals surface area contributed by atoms with Crippen molar-refractivity contribution in [1.82, 2.24) is 4.98 Å². The van der Waals surface area contributed by atoms with E-state index in [0.717, 1.165) is 12.8 Å². The van der Waals surface area contributed by atoms with Gasteiger partial charge in [-0.05, 0) is 35.4 Å². The molecule has 0 saturated heterocycles. The van der Waals surface area contributed by atoms with Crippen molar-refractivity contribution in [2.75, 3.05) is 0 Å². The van der Waals surface area contributed by atoms with Crippen molar-refractivity contribution >= 4 is 6.08 Å². The molecule has 0 atom stereocenters. The predicted octanol–water partition coefficient (Wildman–Crippen LogP) is 3.16. The fourth-order valence-electron chi connectivity index (χ4n) is 1.83. The lowest BCUT2D eigenvalue weighted by Crippen LogP contribution is -2.01. The molecule has 1 aliphatic carbocycles. The highest BCUT2D eigenvalue weighted by atomic mass is 14.6. The Balaban J connectivity index is 2.54. The summed E-state index contributed by atoms with van der Waals surface area (Å²) in [5, 5.41) is 0. The van der Waals surface area contributed by atoms with E-state index in [4.69, 9.17) is 0 Å². The SMILES string of the molecule is CC(C)c1cncc2c1C=CCC2. The molecule has 0 aliphatic heterocycles. The van der Waals surface area contributed by atoms with Gasteiger partial charge in [-0.25, -0.2) is 0 Å². The fraction of sp³-hybridized carbons (Fsp3) is 0.417. The maximum Gasteiger partial charge on any atom is 0.0308 e. The second-order valence-electron chi connectivity index (χ2n) is 3.90. The highest BCUT2D eigenvalue weighted by Gasteiger charge is 2.11. The molecule has 1 nitrogen and oxygen atoms in total. The Bertz CT molecular complexity index is 337. The van der Waals surface area contributed by atoms with Crippen LogP contribution in [0.25, 0.3) is 6.08 Å². The van der Waals surface area contributed by atoms with Gasteiger partial charge in [-0.3, -0.25) is 4.98 Å². The number of hydrogen-bond donors (Lipinski definition) is 0. The number of rotatable bonds is 1. The van der Waals surface area contributed by atoms with E-state index < -0.39 is 0 Å². The third kappa shape index (κ3) is 1.51. The van der Waals surface area contributed by atoms with E-state index in [0.29, 0.717) is 5.92 Å². The molecule has 0 spiro atoms. The van der Waals surface area contributed by atoms with Crippen molar-refractivity contribution in [2.45, 2.75) is 32.6 Å². The van der Waals surface area contributed by atoms with Gasteiger partial charge in [-0.15, -0.1) is 0 Å². The summed E-state index contributed by atoms with van der Waals surface area (Å²) in [6.07, 6.45) is 10.8. The number of fused-ring (bicyclic) bond motifs is 1. The topological polar surface area (TPSA) is 12.9 Å². The van der Waals surface area contributed by atoms with Crippen molar-refractivity contribution in [3.8, 4) is 0 Å². The Hall–Kier alpha value is -1.11. The third-order valence-electron chi connectivity index (χ3n) is 2.59. The molecule has 0 N–H and O–H groups in total. The van der Waals surface area contributed by atoms with E-state index in [1.54, 1.807) is 0 Å². The van der Waals surface area contributed by atoms with Crippen LogP contribution in [0.5, 0.6) is 0 Å². The molecule has 68 valence electrons. The molecule has 13 heavy (non-hydrogen) atoms. The highest BCUT2D eigenvalue weighted by Crippen LogP contribution is 2.26. The van der Waals surface area contributed by atoms with Gasteiger partial charge < -0.3 is 0 Å². The van der Waals surface area contributed by atoms with Crippen LogP contribution in [0.1, 0.15) is 42.9 Å². The first kappa shape index (κ1) is 8.49. The number of nitrogens with zero attached hydrogens (tertiary/aromatic N) is 1. The quantitative estimate of drug-likeness (QED) is 0.635. The Morgan fingerprint density at radius 1 is 1.31 bits per heavy atom. The summed E-state index contributed by atoms with van der Waals surface area (Å²) in [7, 11) is 0. The lowest BCUT2D eigenvalue weighted by Gasteiger charge is -2.16. The maximum absolute atomic E-state index is 4.29. The van der Waals surface area contributed by atoms with E-state index in [2.05, 4.69) is 31.0 Å². The van der Waals surface area contributed by atoms with E-state index in [1.807, 2.05) is 12.4 Å². The summed E-state index contributed by atoms with van der Waals surface area (Å²) >= 11 is 0. The molecule has 1 aromatic heterocycles. The Labute approximate surface area is 79.5 Å². The van der Waals surface area contributed by atoms with Gasteiger partial charge in [-0.2, -0.15) is 0 Å². The average Bonchev–Trinajstić information content (AvgIpc) is 2.17. The normalized spacial score (nSPS) is 14.7. The number of allylic oxidation sites excluding steroid dienone is 1. The first-order valence-corrected chi connectivity index (χ1v) is 4.92. The molecule has 0 fully saturated rings. The van der Waals surface area contributed by atoms with Crippen molar-refractivity contribution < 1.29 is 0 Å². The van der Waals surface area contributed by atoms with Crippen molar-refractivity contribution in [2.24, 2.45) is 0 Å². The zero-order valence-electron chi connectivity index (χ0n) is 8.25. The molecule has 1 aliphatic rings. The first-order chi connectivity index (χ1) is 6.29. The second-order valence-corrected chi connectivity index (χ2v) is 3.90. The van der Waals surface area contributed by atoms with Crippen molar-refractivity contribution in [3.05, 3.63) is 35.2 Å². The minimum Gasteiger partial charge on any atom is -0.264 e.